The highest BCUT2D eigenvalue weighted by Crippen LogP contribution is 2.15. The van der Waals surface area contributed by atoms with Crippen LogP contribution in [0.25, 0.3) is 0 Å². The van der Waals surface area contributed by atoms with Crippen LogP contribution in [0.5, 0.6) is 0 Å². The molecule has 1 aromatic carbocycles. The van der Waals surface area contributed by atoms with E-state index < -0.39 is 11.8 Å². The Kier molecular flexibility index (Phi) is 6.72. The smallest absolute Gasteiger partial charge is 0.313 e. The van der Waals surface area contributed by atoms with E-state index in [9.17, 15) is 9.59 Å². The van der Waals surface area contributed by atoms with Crippen molar-refractivity contribution in [2.45, 2.75) is 26.7 Å². The first-order chi connectivity index (χ1) is 9.99. The zero-order chi connectivity index (χ0) is 15.8. The van der Waals surface area contributed by atoms with Gasteiger partial charge in [0, 0.05) is 38.6 Å². The van der Waals surface area contributed by atoms with E-state index in [-0.39, 0.29) is 0 Å². The molecule has 0 spiro atoms. The van der Waals surface area contributed by atoms with Gasteiger partial charge in [0.05, 0.1) is 0 Å². The van der Waals surface area contributed by atoms with Crippen molar-refractivity contribution in [1.29, 1.82) is 0 Å². The SMILES string of the molecule is CCCN(CCC)C(=O)C(=O)Nc1ccc(N(C)C)cc1. The van der Waals surface area contributed by atoms with Crippen molar-refractivity contribution in [3.63, 3.8) is 0 Å². The van der Waals surface area contributed by atoms with E-state index in [4.69, 9.17) is 0 Å². The quantitative estimate of drug-likeness (QED) is 0.819. The minimum absolute atomic E-state index is 0.463. The molecular formula is C16H25N3O2. The lowest BCUT2D eigenvalue weighted by Gasteiger charge is -2.20. The van der Waals surface area contributed by atoms with Gasteiger partial charge < -0.3 is 15.1 Å². The molecule has 0 saturated heterocycles. The molecule has 5 nitrogen and oxygen atoms in total. The number of carbonyl (C=O) groups excluding carboxylic acids is 2. The van der Waals surface area contributed by atoms with E-state index in [1.807, 2.05) is 45.0 Å². The summed E-state index contributed by atoms with van der Waals surface area (Å²) in [5, 5.41) is 2.66. The van der Waals surface area contributed by atoms with Gasteiger partial charge in [0.15, 0.2) is 0 Å². The molecule has 5 heteroatoms. The maximum Gasteiger partial charge on any atom is 0.313 e. The highest BCUT2D eigenvalue weighted by atomic mass is 16.2. The van der Waals surface area contributed by atoms with Crippen LogP contribution in [-0.4, -0.2) is 43.9 Å². The molecule has 1 rings (SSSR count). The van der Waals surface area contributed by atoms with E-state index in [0.29, 0.717) is 18.8 Å². The highest BCUT2D eigenvalue weighted by molar-refractivity contribution is 6.39. The standard InChI is InChI=1S/C16H25N3O2/c1-5-11-19(12-6-2)16(21)15(20)17-13-7-9-14(10-8-13)18(3)4/h7-10H,5-6,11-12H2,1-4H3,(H,17,20). The topological polar surface area (TPSA) is 52.7 Å². The average molecular weight is 291 g/mol. The molecule has 0 aliphatic heterocycles. The summed E-state index contributed by atoms with van der Waals surface area (Å²) in [4.78, 5) is 27.7. The fraction of sp³-hybridized carbons (Fsp3) is 0.500. The summed E-state index contributed by atoms with van der Waals surface area (Å²) < 4.78 is 0. The molecule has 0 aromatic heterocycles. The van der Waals surface area contributed by atoms with Gasteiger partial charge in [0.2, 0.25) is 0 Å². The van der Waals surface area contributed by atoms with Crippen LogP contribution in [0.1, 0.15) is 26.7 Å². The van der Waals surface area contributed by atoms with Gasteiger partial charge in [-0.1, -0.05) is 13.8 Å². The molecular weight excluding hydrogens is 266 g/mol. The summed E-state index contributed by atoms with van der Waals surface area (Å²) in [6.07, 6.45) is 1.69. The van der Waals surface area contributed by atoms with Gasteiger partial charge in [-0.2, -0.15) is 0 Å². The monoisotopic (exact) mass is 291 g/mol. The third-order valence-corrected chi connectivity index (χ3v) is 3.11. The zero-order valence-electron chi connectivity index (χ0n) is 13.3. The Morgan fingerprint density at radius 2 is 1.52 bits per heavy atom. The molecule has 1 N–H and O–H groups in total. The predicted molar refractivity (Wildman–Crippen MR) is 86.6 cm³/mol. The first kappa shape index (κ1) is 17.0. The fourth-order valence-electron chi connectivity index (χ4n) is 2.03. The minimum atomic E-state index is -0.575. The summed E-state index contributed by atoms with van der Waals surface area (Å²) in [6.45, 7) is 5.21. The number of carbonyl (C=O) groups is 2. The number of benzene rings is 1. The molecule has 116 valence electrons. The van der Waals surface area contributed by atoms with E-state index in [1.165, 1.54) is 0 Å². The Balaban J connectivity index is 2.68. The lowest BCUT2D eigenvalue weighted by Crippen LogP contribution is -2.40. The molecule has 0 radical (unpaired) electrons. The molecule has 0 saturated carbocycles. The summed E-state index contributed by atoms with van der Waals surface area (Å²) >= 11 is 0. The molecule has 0 bridgehead atoms. The summed E-state index contributed by atoms with van der Waals surface area (Å²) in [7, 11) is 3.90. The second kappa shape index (κ2) is 8.29. The lowest BCUT2D eigenvalue weighted by atomic mass is 10.2. The van der Waals surface area contributed by atoms with Crippen LogP contribution in [0.3, 0.4) is 0 Å². The average Bonchev–Trinajstić information content (AvgIpc) is 2.46. The molecule has 0 fully saturated rings. The van der Waals surface area contributed by atoms with E-state index in [1.54, 1.807) is 17.0 Å². The number of anilines is 2. The number of rotatable bonds is 6. The van der Waals surface area contributed by atoms with E-state index in [2.05, 4.69) is 5.32 Å². The molecule has 0 aliphatic carbocycles. The third kappa shape index (κ3) is 5.10. The Labute approximate surface area is 126 Å². The fourth-order valence-corrected chi connectivity index (χ4v) is 2.03. The van der Waals surface area contributed by atoms with Gasteiger partial charge in [-0.3, -0.25) is 9.59 Å². The first-order valence-electron chi connectivity index (χ1n) is 7.37. The Morgan fingerprint density at radius 1 is 1.00 bits per heavy atom. The van der Waals surface area contributed by atoms with Gasteiger partial charge in [0.1, 0.15) is 0 Å². The molecule has 1 aromatic rings. The number of hydrogen-bond acceptors (Lipinski definition) is 3. The van der Waals surface area contributed by atoms with Crippen LogP contribution < -0.4 is 10.2 Å². The largest absolute Gasteiger partial charge is 0.378 e. The number of nitrogens with zero attached hydrogens (tertiary/aromatic N) is 2. The van der Waals surface area contributed by atoms with Crippen LogP contribution in [0.4, 0.5) is 11.4 Å². The summed E-state index contributed by atoms with van der Waals surface area (Å²) in [5.41, 5.74) is 1.67. The molecule has 0 unspecified atom stereocenters. The predicted octanol–water partition coefficient (Wildman–Crippen LogP) is 2.34. The zero-order valence-corrected chi connectivity index (χ0v) is 13.3. The van der Waals surface area contributed by atoms with Crippen LogP contribution >= 0.6 is 0 Å². The van der Waals surface area contributed by atoms with Crippen molar-refractivity contribution in [3.8, 4) is 0 Å². The first-order valence-corrected chi connectivity index (χ1v) is 7.37. The third-order valence-electron chi connectivity index (χ3n) is 3.11. The molecule has 21 heavy (non-hydrogen) atoms. The van der Waals surface area contributed by atoms with Gasteiger partial charge in [0.25, 0.3) is 0 Å². The normalized spacial score (nSPS) is 10.1. The van der Waals surface area contributed by atoms with Crippen LogP contribution in [0, 0.1) is 0 Å². The molecule has 2 amide bonds. The summed E-state index contributed by atoms with van der Waals surface area (Å²) in [5.74, 6) is -1.04. The second-order valence-electron chi connectivity index (χ2n) is 5.19. The summed E-state index contributed by atoms with van der Waals surface area (Å²) in [6, 6.07) is 7.39. The maximum absolute atomic E-state index is 12.1. The van der Waals surface area contributed by atoms with Crippen molar-refractivity contribution < 1.29 is 9.59 Å². The van der Waals surface area contributed by atoms with Gasteiger partial charge >= 0.3 is 11.8 Å². The Morgan fingerprint density at radius 3 is 1.95 bits per heavy atom. The number of amides is 2. The molecule has 0 atom stereocenters. The van der Waals surface area contributed by atoms with Gasteiger partial charge in [-0.05, 0) is 37.1 Å². The van der Waals surface area contributed by atoms with Crippen molar-refractivity contribution in [2.75, 3.05) is 37.4 Å². The van der Waals surface area contributed by atoms with Crippen LogP contribution in [0.15, 0.2) is 24.3 Å². The van der Waals surface area contributed by atoms with Crippen LogP contribution in [0.2, 0.25) is 0 Å². The van der Waals surface area contributed by atoms with Gasteiger partial charge in [-0.25, -0.2) is 0 Å². The van der Waals surface area contributed by atoms with Crippen LogP contribution in [-0.2, 0) is 9.59 Å². The lowest BCUT2D eigenvalue weighted by molar-refractivity contribution is -0.143. The van der Waals surface area contributed by atoms with Crippen molar-refractivity contribution in [2.24, 2.45) is 0 Å². The highest BCUT2D eigenvalue weighted by Gasteiger charge is 2.20. The van der Waals surface area contributed by atoms with E-state index >= 15 is 0 Å². The number of hydrogen-bond donors (Lipinski definition) is 1. The maximum atomic E-state index is 12.1. The van der Waals surface area contributed by atoms with E-state index in [0.717, 1.165) is 18.5 Å². The van der Waals surface area contributed by atoms with Crippen molar-refractivity contribution >= 4 is 23.2 Å². The van der Waals surface area contributed by atoms with Crippen molar-refractivity contribution in [1.82, 2.24) is 4.90 Å². The van der Waals surface area contributed by atoms with Crippen molar-refractivity contribution in [3.05, 3.63) is 24.3 Å². The second-order valence-corrected chi connectivity index (χ2v) is 5.19. The van der Waals surface area contributed by atoms with Gasteiger partial charge in [-0.15, -0.1) is 0 Å². The number of nitrogens with one attached hydrogen (secondary N) is 1. The minimum Gasteiger partial charge on any atom is -0.378 e. The molecule has 0 heterocycles. The Bertz CT molecular complexity index is 463. The Hall–Kier alpha value is -2.04. The molecule has 0 aliphatic rings.